The zero-order valence-electron chi connectivity index (χ0n) is 13.8. The van der Waals surface area contributed by atoms with Crippen molar-refractivity contribution in [1.82, 2.24) is 0 Å². The zero-order valence-corrected chi connectivity index (χ0v) is 15.3. The second-order valence-electron chi connectivity index (χ2n) is 6.12. The van der Waals surface area contributed by atoms with E-state index in [2.05, 4.69) is 17.4 Å². The fourth-order valence-corrected chi connectivity index (χ4v) is 3.62. The number of hydrogen-bond donors (Lipinski definition) is 1. The SMILES string of the molecule is O=C(COc1ccc(Cl)cc1Cl)Nc1ccc2c(c1)Cc1ccccc1-2. The standard InChI is InChI=1S/C21H15Cl2NO2/c22-15-5-8-20(19(23)11-15)26-12-21(25)24-16-6-7-18-14(10-16)9-13-3-1-2-4-17(13)18/h1-8,10-11H,9,12H2,(H,24,25). The zero-order chi connectivity index (χ0) is 18.1. The predicted octanol–water partition coefficient (Wildman–Crippen LogP) is 5.58. The molecule has 4 rings (SSSR count). The van der Waals surface area contributed by atoms with Gasteiger partial charge in [0, 0.05) is 10.7 Å². The van der Waals surface area contributed by atoms with E-state index in [4.69, 9.17) is 27.9 Å². The van der Waals surface area contributed by atoms with E-state index in [0.717, 1.165) is 12.1 Å². The lowest BCUT2D eigenvalue weighted by molar-refractivity contribution is -0.118. The molecule has 3 aromatic rings. The molecule has 5 heteroatoms. The summed E-state index contributed by atoms with van der Waals surface area (Å²) in [4.78, 5) is 12.2. The average molecular weight is 384 g/mol. The average Bonchev–Trinajstić information content (AvgIpc) is 2.98. The molecule has 1 N–H and O–H groups in total. The van der Waals surface area contributed by atoms with Gasteiger partial charge in [-0.05, 0) is 59.0 Å². The van der Waals surface area contributed by atoms with Gasteiger partial charge in [-0.15, -0.1) is 0 Å². The Labute approximate surface area is 161 Å². The van der Waals surface area contributed by atoms with Gasteiger partial charge in [0.05, 0.1) is 5.02 Å². The molecule has 0 spiro atoms. The monoisotopic (exact) mass is 383 g/mol. The van der Waals surface area contributed by atoms with Gasteiger partial charge < -0.3 is 10.1 Å². The minimum absolute atomic E-state index is 0.126. The van der Waals surface area contributed by atoms with Crippen molar-refractivity contribution in [2.24, 2.45) is 0 Å². The molecular formula is C21H15Cl2NO2. The van der Waals surface area contributed by atoms with Gasteiger partial charge >= 0.3 is 0 Å². The lowest BCUT2D eigenvalue weighted by Crippen LogP contribution is -2.20. The van der Waals surface area contributed by atoms with Gasteiger partial charge in [-0.1, -0.05) is 53.5 Å². The molecule has 0 fully saturated rings. The van der Waals surface area contributed by atoms with E-state index >= 15 is 0 Å². The van der Waals surface area contributed by atoms with Crippen LogP contribution in [0.5, 0.6) is 5.75 Å². The van der Waals surface area contributed by atoms with Crippen molar-refractivity contribution < 1.29 is 9.53 Å². The number of rotatable bonds is 4. The number of benzene rings is 3. The van der Waals surface area contributed by atoms with Crippen LogP contribution in [-0.4, -0.2) is 12.5 Å². The Morgan fingerprint density at radius 1 is 0.962 bits per heavy atom. The number of carbonyl (C=O) groups is 1. The lowest BCUT2D eigenvalue weighted by atomic mass is 10.1. The van der Waals surface area contributed by atoms with Gasteiger partial charge in [0.1, 0.15) is 5.75 Å². The van der Waals surface area contributed by atoms with Crippen molar-refractivity contribution in [2.75, 3.05) is 11.9 Å². The number of anilines is 1. The molecule has 0 unspecified atom stereocenters. The number of carbonyl (C=O) groups excluding carboxylic acids is 1. The van der Waals surface area contributed by atoms with Crippen LogP contribution >= 0.6 is 23.2 Å². The fourth-order valence-electron chi connectivity index (χ4n) is 3.16. The van der Waals surface area contributed by atoms with Gasteiger partial charge in [-0.2, -0.15) is 0 Å². The number of nitrogens with one attached hydrogen (secondary N) is 1. The van der Waals surface area contributed by atoms with E-state index < -0.39 is 0 Å². The van der Waals surface area contributed by atoms with Gasteiger partial charge in [0.15, 0.2) is 6.61 Å². The quantitative estimate of drug-likeness (QED) is 0.499. The summed E-state index contributed by atoms with van der Waals surface area (Å²) >= 11 is 11.9. The Kier molecular flexibility index (Phi) is 4.58. The van der Waals surface area contributed by atoms with Crippen molar-refractivity contribution in [2.45, 2.75) is 6.42 Å². The summed E-state index contributed by atoms with van der Waals surface area (Å²) in [6.07, 6.45) is 0.881. The van der Waals surface area contributed by atoms with E-state index in [-0.39, 0.29) is 12.5 Å². The minimum atomic E-state index is -0.244. The molecule has 0 saturated heterocycles. The maximum atomic E-state index is 12.2. The maximum absolute atomic E-state index is 12.2. The number of ether oxygens (including phenoxy) is 1. The van der Waals surface area contributed by atoms with Gasteiger partial charge in [0.2, 0.25) is 0 Å². The fraction of sp³-hybridized carbons (Fsp3) is 0.0952. The molecule has 130 valence electrons. The molecule has 1 aliphatic rings. The highest BCUT2D eigenvalue weighted by atomic mass is 35.5. The van der Waals surface area contributed by atoms with E-state index in [1.54, 1.807) is 18.2 Å². The van der Waals surface area contributed by atoms with Gasteiger partial charge in [-0.3, -0.25) is 4.79 Å². The summed E-state index contributed by atoms with van der Waals surface area (Å²) < 4.78 is 5.47. The molecule has 0 aliphatic heterocycles. The summed E-state index contributed by atoms with van der Waals surface area (Å²) in [5, 5.41) is 3.76. The van der Waals surface area contributed by atoms with Crippen LogP contribution in [0.1, 0.15) is 11.1 Å². The largest absolute Gasteiger partial charge is 0.482 e. The first-order valence-electron chi connectivity index (χ1n) is 8.19. The third-order valence-electron chi connectivity index (χ3n) is 4.33. The molecule has 1 aliphatic carbocycles. The Bertz CT molecular complexity index is 1000. The summed E-state index contributed by atoms with van der Waals surface area (Å²) in [6, 6.07) is 19.2. The third-order valence-corrected chi connectivity index (χ3v) is 4.86. The molecule has 0 heterocycles. The number of fused-ring (bicyclic) bond motifs is 3. The Balaban J connectivity index is 1.42. The van der Waals surface area contributed by atoms with Gasteiger partial charge in [0.25, 0.3) is 5.91 Å². The van der Waals surface area contributed by atoms with Gasteiger partial charge in [-0.25, -0.2) is 0 Å². The molecule has 0 aromatic heterocycles. The number of hydrogen-bond acceptors (Lipinski definition) is 2. The first-order chi connectivity index (χ1) is 12.6. The highest BCUT2D eigenvalue weighted by Gasteiger charge is 2.18. The van der Waals surface area contributed by atoms with Crippen LogP contribution in [0.3, 0.4) is 0 Å². The number of amides is 1. The molecular weight excluding hydrogens is 369 g/mol. The molecule has 3 nitrogen and oxygen atoms in total. The van der Waals surface area contributed by atoms with Crippen LogP contribution in [-0.2, 0) is 11.2 Å². The summed E-state index contributed by atoms with van der Waals surface area (Å²) in [5.74, 6) is 0.182. The summed E-state index contributed by atoms with van der Waals surface area (Å²) in [7, 11) is 0. The maximum Gasteiger partial charge on any atom is 0.262 e. The first kappa shape index (κ1) is 17.0. The lowest BCUT2D eigenvalue weighted by Gasteiger charge is -2.10. The molecule has 0 radical (unpaired) electrons. The van der Waals surface area contributed by atoms with Crippen molar-refractivity contribution >= 4 is 34.8 Å². The molecule has 26 heavy (non-hydrogen) atoms. The molecule has 1 amide bonds. The summed E-state index contributed by atoms with van der Waals surface area (Å²) in [6.45, 7) is -0.126. The molecule has 0 bridgehead atoms. The van der Waals surface area contributed by atoms with Crippen LogP contribution in [0.2, 0.25) is 10.0 Å². The normalized spacial score (nSPS) is 11.6. The van der Waals surface area contributed by atoms with Crippen LogP contribution in [0.4, 0.5) is 5.69 Å². The molecule has 0 atom stereocenters. The van der Waals surface area contributed by atoms with Crippen LogP contribution in [0.15, 0.2) is 60.7 Å². The van der Waals surface area contributed by atoms with E-state index in [0.29, 0.717) is 15.8 Å². The Morgan fingerprint density at radius 2 is 1.77 bits per heavy atom. The smallest absolute Gasteiger partial charge is 0.262 e. The van der Waals surface area contributed by atoms with Crippen molar-refractivity contribution in [3.8, 4) is 16.9 Å². The second-order valence-corrected chi connectivity index (χ2v) is 6.96. The van der Waals surface area contributed by atoms with Crippen LogP contribution < -0.4 is 10.1 Å². The summed E-state index contributed by atoms with van der Waals surface area (Å²) in [5.41, 5.74) is 5.77. The highest BCUT2D eigenvalue weighted by Crippen LogP contribution is 2.37. The van der Waals surface area contributed by atoms with Crippen LogP contribution in [0.25, 0.3) is 11.1 Å². The Morgan fingerprint density at radius 3 is 2.62 bits per heavy atom. The molecule has 0 saturated carbocycles. The van der Waals surface area contributed by atoms with E-state index in [1.807, 2.05) is 30.3 Å². The highest BCUT2D eigenvalue weighted by molar-refractivity contribution is 6.35. The van der Waals surface area contributed by atoms with Crippen molar-refractivity contribution in [3.05, 3.63) is 81.8 Å². The molecule has 3 aromatic carbocycles. The van der Waals surface area contributed by atoms with Crippen molar-refractivity contribution in [1.29, 1.82) is 0 Å². The minimum Gasteiger partial charge on any atom is -0.482 e. The third kappa shape index (κ3) is 3.41. The second kappa shape index (κ2) is 7.02. The first-order valence-corrected chi connectivity index (χ1v) is 8.94. The predicted molar refractivity (Wildman–Crippen MR) is 105 cm³/mol. The van der Waals surface area contributed by atoms with Crippen LogP contribution in [0, 0.1) is 0 Å². The van der Waals surface area contributed by atoms with Crippen molar-refractivity contribution in [3.63, 3.8) is 0 Å². The van der Waals surface area contributed by atoms with E-state index in [9.17, 15) is 4.79 Å². The van der Waals surface area contributed by atoms with E-state index in [1.165, 1.54) is 22.3 Å². The Hall–Kier alpha value is -2.49. The topological polar surface area (TPSA) is 38.3 Å². The number of halogens is 2.